The number of aromatic nitrogens is 3. The van der Waals surface area contributed by atoms with Gasteiger partial charge < -0.3 is 10.6 Å². The van der Waals surface area contributed by atoms with Crippen molar-refractivity contribution in [2.75, 3.05) is 5.32 Å². The van der Waals surface area contributed by atoms with Gasteiger partial charge in [-0.05, 0) is 19.1 Å². The Bertz CT molecular complexity index is 927. The van der Waals surface area contributed by atoms with Gasteiger partial charge in [0.25, 0.3) is 5.91 Å². The number of nitrogens with one attached hydrogen (secondary N) is 2. The molecule has 0 radical (unpaired) electrons. The van der Waals surface area contributed by atoms with Crippen LogP contribution in [0, 0.1) is 6.92 Å². The van der Waals surface area contributed by atoms with Crippen molar-refractivity contribution in [2.24, 2.45) is 4.99 Å². The molecule has 0 fully saturated rings. The molecule has 0 bridgehead atoms. The number of aryl methyl sites for hydroxylation is 1. The number of nitrogens with zero attached hydrogens (tertiary/aromatic N) is 4. The smallest absolute Gasteiger partial charge is 0.267 e. The first kappa shape index (κ1) is 14.6. The number of amides is 1. The van der Waals surface area contributed by atoms with Gasteiger partial charge in [0.2, 0.25) is 5.13 Å². The quantitative estimate of drug-likeness (QED) is 0.769. The van der Waals surface area contributed by atoms with Gasteiger partial charge >= 0.3 is 0 Å². The number of fused-ring (bicyclic) bond motifs is 1. The summed E-state index contributed by atoms with van der Waals surface area (Å²) in [6.07, 6.45) is 3.41. The molecule has 0 spiro atoms. The van der Waals surface area contributed by atoms with Crippen molar-refractivity contribution in [1.29, 1.82) is 0 Å². The van der Waals surface area contributed by atoms with Crippen LogP contribution in [0.4, 0.5) is 11.5 Å². The third-order valence-corrected chi connectivity index (χ3v) is 4.72. The Balaban J connectivity index is 1.65. The van der Waals surface area contributed by atoms with Crippen molar-refractivity contribution in [1.82, 2.24) is 20.1 Å². The lowest BCUT2D eigenvalue weighted by molar-refractivity contribution is 0.103. The number of hydrogen-bond acceptors (Lipinski definition) is 6. The van der Waals surface area contributed by atoms with E-state index in [0.29, 0.717) is 22.2 Å². The van der Waals surface area contributed by atoms with E-state index in [2.05, 4.69) is 25.7 Å². The SMILES string of the molecule is Cc1nc(-n2ncc3c2N=CNC3)sc1C(=O)Nc1ccccc1. The monoisotopic (exact) mass is 338 g/mol. The molecule has 1 aliphatic heterocycles. The fourth-order valence-corrected chi connectivity index (χ4v) is 3.36. The minimum Gasteiger partial charge on any atom is -0.372 e. The highest BCUT2D eigenvalue weighted by molar-refractivity contribution is 7.16. The van der Waals surface area contributed by atoms with Crippen LogP contribution >= 0.6 is 11.3 Å². The zero-order chi connectivity index (χ0) is 16.5. The summed E-state index contributed by atoms with van der Waals surface area (Å²) in [7, 11) is 0. The average Bonchev–Trinajstić information content (AvgIpc) is 3.19. The maximum Gasteiger partial charge on any atom is 0.267 e. The van der Waals surface area contributed by atoms with Crippen LogP contribution in [0.25, 0.3) is 5.13 Å². The number of thiazole rings is 1. The Kier molecular flexibility index (Phi) is 3.58. The molecule has 0 saturated heterocycles. The second kappa shape index (κ2) is 5.89. The van der Waals surface area contributed by atoms with Crippen LogP contribution in [0.2, 0.25) is 0 Å². The van der Waals surface area contributed by atoms with Gasteiger partial charge in [-0.3, -0.25) is 4.79 Å². The lowest BCUT2D eigenvalue weighted by atomic mass is 10.3. The van der Waals surface area contributed by atoms with Gasteiger partial charge in [-0.1, -0.05) is 29.5 Å². The molecule has 3 heterocycles. The van der Waals surface area contributed by atoms with Crippen molar-refractivity contribution >= 4 is 35.1 Å². The number of rotatable bonds is 3. The van der Waals surface area contributed by atoms with Crippen molar-refractivity contribution in [3.63, 3.8) is 0 Å². The highest BCUT2D eigenvalue weighted by Gasteiger charge is 2.20. The lowest BCUT2D eigenvalue weighted by Gasteiger charge is -2.07. The Morgan fingerprint density at radius 1 is 1.33 bits per heavy atom. The van der Waals surface area contributed by atoms with E-state index < -0.39 is 0 Å². The molecule has 120 valence electrons. The summed E-state index contributed by atoms with van der Waals surface area (Å²) in [5, 5.41) is 10.9. The van der Waals surface area contributed by atoms with Crippen LogP contribution < -0.4 is 10.6 Å². The molecule has 24 heavy (non-hydrogen) atoms. The molecule has 0 atom stereocenters. The van der Waals surface area contributed by atoms with E-state index in [4.69, 9.17) is 0 Å². The van der Waals surface area contributed by atoms with E-state index in [9.17, 15) is 4.79 Å². The summed E-state index contributed by atoms with van der Waals surface area (Å²) in [4.78, 5) is 21.9. The molecule has 4 rings (SSSR count). The zero-order valence-electron chi connectivity index (χ0n) is 12.9. The maximum absolute atomic E-state index is 12.5. The fraction of sp³-hybridized carbons (Fsp3) is 0.125. The summed E-state index contributed by atoms with van der Waals surface area (Å²) in [6, 6.07) is 9.36. The first-order valence-corrected chi connectivity index (χ1v) is 8.21. The van der Waals surface area contributed by atoms with E-state index in [1.165, 1.54) is 11.3 Å². The molecule has 0 aliphatic carbocycles. The van der Waals surface area contributed by atoms with E-state index in [1.807, 2.05) is 37.3 Å². The van der Waals surface area contributed by atoms with Crippen LogP contribution in [0.3, 0.4) is 0 Å². The third-order valence-electron chi connectivity index (χ3n) is 3.59. The van der Waals surface area contributed by atoms with E-state index >= 15 is 0 Å². The van der Waals surface area contributed by atoms with Crippen LogP contribution in [-0.2, 0) is 6.54 Å². The van der Waals surface area contributed by atoms with Crippen molar-refractivity contribution in [3.8, 4) is 5.13 Å². The summed E-state index contributed by atoms with van der Waals surface area (Å²) >= 11 is 1.30. The second-order valence-electron chi connectivity index (χ2n) is 5.28. The number of anilines is 1. The predicted molar refractivity (Wildman–Crippen MR) is 93.4 cm³/mol. The van der Waals surface area contributed by atoms with Gasteiger partial charge in [0.05, 0.1) is 18.2 Å². The van der Waals surface area contributed by atoms with Gasteiger partial charge in [0.15, 0.2) is 5.82 Å². The van der Waals surface area contributed by atoms with E-state index in [-0.39, 0.29) is 5.91 Å². The minimum atomic E-state index is -0.173. The molecule has 1 aliphatic rings. The topological polar surface area (TPSA) is 84.2 Å². The molecule has 7 nitrogen and oxygen atoms in total. The maximum atomic E-state index is 12.5. The largest absolute Gasteiger partial charge is 0.372 e. The molecule has 1 aromatic carbocycles. The molecule has 0 unspecified atom stereocenters. The zero-order valence-corrected chi connectivity index (χ0v) is 13.7. The van der Waals surface area contributed by atoms with Crippen molar-refractivity contribution in [3.05, 3.63) is 52.7 Å². The van der Waals surface area contributed by atoms with Gasteiger partial charge in [-0.25, -0.2) is 9.98 Å². The third kappa shape index (κ3) is 2.56. The Hall–Kier alpha value is -3.00. The molecule has 0 saturated carbocycles. The van der Waals surface area contributed by atoms with Crippen LogP contribution in [0.5, 0.6) is 0 Å². The van der Waals surface area contributed by atoms with Crippen LogP contribution in [0.15, 0.2) is 41.5 Å². The summed E-state index contributed by atoms with van der Waals surface area (Å²) in [5.41, 5.74) is 2.43. The minimum absolute atomic E-state index is 0.173. The van der Waals surface area contributed by atoms with Gasteiger partial charge in [-0.2, -0.15) is 9.78 Å². The molecule has 8 heteroatoms. The first-order valence-electron chi connectivity index (χ1n) is 7.39. The summed E-state index contributed by atoms with van der Waals surface area (Å²) in [5.74, 6) is 0.575. The first-order chi connectivity index (χ1) is 11.7. The molecular weight excluding hydrogens is 324 g/mol. The number of carbonyl (C=O) groups excluding carboxylic acids is 1. The summed E-state index contributed by atoms with van der Waals surface area (Å²) < 4.78 is 1.67. The number of benzene rings is 1. The number of para-hydroxylation sites is 1. The number of carbonyl (C=O) groups is 1. The molecular formula is C16H14N6OS. The van der Waals surface area contributed by atoms with Gasteiger partial charge in [0.1, 0.15) is 4.88 Å². The molecule has 2 N–H and O–H groups in total. The Morgan fingerprint density at radius 2 is 2.17 bits per heavy atom. The van der Waals surface area contributed by atoms with E-state index in [1.54, 1.807) is 17.2 Å². The van der Waals surface area contributed by atoms with Crippen molar-refractivity contribution < 1.29 is 4.79 Å². The van der Waals surface area contributed by atoms with Gasteiger partial charge in [-0.15, -0.1) is 0 Å². The van der Waals surface area contributed by atoms with Crippen molar-refractivity contribution in [2.45, 2.75) is 13.5 Å². The average molecular weight is 338 g/mol. The van der Waals surface area contributed by atoms with Crippen LogP contribution in [-0.4, -0.2) is 27.0 Å². The normalized spacial score (nSPS) is 12.5. The number of hydrogen-bond donors (Lipinski definition) is 2. The molecule has 3 aromatic rings. The molecule has 2 aromatic heterocycles. The highest BCUT2D eigenvalue weighted by Crippen LogP contribution is 2.29. The summed E-state index contributed by atoms with van der Waals surface area (Å²) in [6.45, 7) is 2.51. The highest BCUT2D eigenvalue weighted by atomic mass is 32.1. The number of aliphatic imine (C=N–C) groups is 1. The van der Waals surface area contributed by atoms with E-state index in [0.717, 1.165) is 17.1 Å². The predicted octanol–water partition coefficient (Wildman–Crippen LogP) is 2.65. The lowest BCUT2D eigenvalue weighted by Crippen LogP contribution is -2.13. The van der Waals surface area contributed by atoms with Crippen LogP contribution in [0.1, 0.15) is 20.9 Å². The Morgan fingerprint density at radius 3 is 3.00 bits per heavy atom. The Labute approximate surface area is 142 Å². The standard InChI is InChI=1S/C16H14N6OS/c1-10-13(15(23)21-12-5-3-2-4-6-12)24-16(20-10)22-14-11(8-19-22)7-17-9-18-14/h2-6,8-9H,7H2,1H3,(H,17,18)(H,21,23). The molecule has 1 amide bonds. The second-order valence-corrected chi connectivity index (χ2v) is 6.25. The van der Waals surface area contributed by atoms with Gasteiger partial charge in [0, 0.05) is 17.8 Å². The fourth-order valence-electron chi connectivity index (χ4n) is 2.43.